The van der Waals surface area contributed by atoms with Gasteiger partial charge in [0.05, 0.1) is 13.1 Å². The van der Waals surface area contributed by atoms with Gasteiger partial charge in [-0.25, -0.2) is 19.2 Å². The van der Waals surface area contributed by atoms with Crippen molar-refractivity contribution in [1.29, 1.82) is 0 Å². The fraction of sp³-hybridized carbons (Fsp3) is 0.207. The van der Waals surface area contributed by atoms with Crippen LogP contribution in [0.5, 0.6) is 0 Å². The van der Waals surface area contributed by atoms with E-state index in [1.165, 1.54) is 36.4 Å². The molecule has 4 aliphatic heterocycles. The molecule has 0 atom stereocenters. The summed E-state index contributed by atoms with van der Waals surface area (Å²) in [5.74, 6) is 0.406. The number of hydrogen-bond donors (Lipinski definition) is 12. The summed E-state index contributed by atoms with van der Waals surface area (Å²) in [6, 6.07) is 35.5. The summed E-state index contributed by atoms with van der Waals surface area (Å²) in [7, 11) is 0. The highest BCUT2D eigenvalue weighted by atomic mass is 16.2. The standard InChI is InChI=1S/C58H58N16O6/c75-53(39-29-45(71-55(77)67-41-13-5-35(6-14-41)49-3-1-21-59-49)33-46(30-39)72-56(78)68-42-15-7-36(8-16-42)50-4-2-22-60-50)65-27-28-66-54(76)40-31-47(73-57(79)69-43-17-9-37(10-18-43)51-61-23-24-62-51)34-48(32-40)74-58(80)70-44-19-11-38(12-20-44)52-63-25-26-64-52/h5-20,29-34H,1-4,21-28H2,(H,61,62)(H,63,64)(H,65,75)(H,66,76)(H2,67,71,77)(H2,68,72,78)(H2,69,73,79)(H2,70,74,80). The molecule has 0 radical (unpaired) electrons. The Bertz CT molecular complexity index is 3020. The second-order valence-electron chi connectivity index (χ2n) is 18.9. The van der Waals surface area contributed by atoms with Gasteiger partial charge in [-0.05, 0) is 146 Å². The third-order valence-corrected chi connectivity index (χ3v) is 13.0. The van der Waals surface area contributed by atoms with Crippen molar-refractivity contribution in [3.63, 3.8) is 0 Å². The second kappa shape index (κ2) is 25.2. The van der Waals surface area contributed by atoms with Crippen LogP contribution in [-0.2, 0) is 0 Å². The molecule has 6 aromatic carbocycles. The van der Waals surface area contributed by atoms with Gasteiger partial charge in [-0.1, -0.05) is 24.3 Å². The Kier molecular flexibility index (Phi) is 16.7. The van der Waals surface area contributed by atoms with E-state index < -0.39 is 35.9 Å². The SMILES string of the molecule is O=C(Nc1ccc(C2=NCCC2)cc1)Nc1cc(NC(=O)Nc2ccc(C3=NCCC3)cc2)cc(C(=O)NCCNC(=O)c2cc(NC(=O)Nc3ccc(C4=NCCN4)cc3)cc(NC(=O)Nc3ccc(C4=NCCN4)cc3)c2)c1. The number of rotatable bonds is 17. The summed E-state index contributed by atoms with van der Waals surface area (Å²) in [4.78, 5) is 98.8. The molecule has 0 aliphatic carbocycles. The lowest BCUT2D eigenvalue weighted by atomic mass is 10.1. The summed E-state index contributed by atoms with van der Waals surface area (Å²) in [5, 5.41) is 34.2. The lowest BCUT2D eigenvalue weighted by molar-refractivity contribution is 0.0928. The average Bonchev–Trinajstić information content (AvgIpc) is 4.33. The summed E-state index contributed by atoms with van der Waals surface area (Å²) >= 11 is 0. The van der Waals surface area contributed by atoms with Crippen LogP contribution < -0.4 is 63.8 Å². The van der Waals surface area contributed by atoms with Crippen LogP contribution >= 0.6 is 0 Å². The molecule has 80 heavy (non-hydrogen) atoms. The van der Waals surface area contributed by atoms with Gasteiger partial charge in [-0.3, -0.25) is 29.6 Å². The Labute approximate surface area is 460 Å². The van der Waals surface area contributed by atoms with Gasteiger partial charge in [0.25, 0.3) is 11.8 Å². The fourth-order valence-corrected chi connectivity index (χ4v) is 9.18. The Balaban J connectivity index is 0.793. The van der Waals surface area contributed by atoms with Gasteiger partial charge in [0.2, 0.25) is 0 Å². The molecule has 22 nitrogen and oxygen atoms in total. The van der Waals surface area contributed by atoms with Crippen LogP contribution in [0, 0.1) is 0 Å². The molecule has 10 amide bonds. The van der Waals surface area contributed by atoms with E-state index in [2.05, 4.69) is 83.8 Å². The molecule has 0 fully saturated rings. The van der Waals surface area contributed by atoms with Crippen molar-refractivity contribution in [2.45, 2.75) is 25.7 Å². The fourth-order valence-electron chi connectivity index (χ4n) is 9.18. The zero-order valence-corrected chi connectivity index (χ0v) is 43.4. The van der Waals surface area contributed by atoms with Gasteiger partial charge in [0, 0.05) is 118 Å². The molecule has 0 saturated carbocycles. The number of hydrogen-bond acceptors (Lipinski definition) is 12. The Morgan fingerprint density at radius 3 is 0.925 bits per heavy atom. The number of nitrogens with zero attached hydrogens (tertiary/aromatic N) is 4. The van der Waals surface area contributed by atoms with E-state index in [-0.39, 0.29) is 47.0 Å². The van der Waals surface area contributed by atoms with Crippen molar-refractivity contribution < 1.29 is 28.8 Å². The number of aliphatic imine (C=N–C) groups is 4. The minimum Gasteiger partial charge on any atom is -0.368 e. The molecule has 6 aromatic rings. The van der Waals surface area contributed by atoms with E-state index in [0.29, 0.717) is 35.8 Å². The minimum atomic E-state index is -0.606. The molecule has 4 aliphatic rings. The Morgan fingerprint density at radius 1 is 0.350 bits per heavy atom. The first kappa shape index (κ1) is 53.0. The number of nitrogens with one attached hydrogen (secondary N) is 12. The van der Waals surface area contributed by atoms with Crippen LogP contribution in [-0.4, -0.2) is 111 Å². The molecule has 22 heteroatoms. The molecule has 0 bridgehead atoms. The summed E-state index contributed by atoms with van der Waals surface area (Å²) < 4.78 is 0. The van der Waals surface area contributed by atoms with Crippen molar-refractivity contribution in [3.05, 3.63) is 167 Å². The monoisotopic (exact) mass is 1070 g/mol. The van der Waals surface area contributed by atoms with E-state index in [9.17, 15) is 28.8 Å². The highest BCUT2D eigenvalue weighted by Gasteiger charge is 2.18. The maximum Gasteiger partial charge on any atom is 0.323 e. The summed E-state index contributed by atoms with van der Waals surface area (Å²) in [6.45, 7) is 4.40. The third-order valence-electron chi connectivity index (χ3n) is 13.0. The van der Waals surface area contributed by atoms with E-state index in [0.717, 1.165) is 97.2 Å². The maximum absolute atomic E-state index is 13.8. The first-order chi connectivity index (χ1) is 39.0. The van der Waals surface area contributed by atoms with E-state index in [1.54, 1.807) is 48.5 Å². The van der Waals surface area contributed by atoms with Crippen LogP contribution in [0.15, 0.2) is 153 Å². The number of carbonyl (C=O) groups is 6. The van der Waals surface area contributed by atoms with Crippen molar-refractivity contribution in [3.8, 4) is 0 Å². The number of amides is 10. The van der Waals surface area contributed by atoms with E-state index in [1.807, 2.05) is 48.5 Å². The largest absolute Gasteiger partial charge is 0.368 e. The molecule has 0 unspecified atom stereocenters. The minimum absolute atomic E-state index is 0.0466. The summed E-state index contributed by atoms with van der Waals surface area (Å²) in [6.07, 6.45) is 3.82. The van der Waals surface area contributed by atoms with Crippen molar-refractivity contribution in [1.82, 2.24) is 21.3 Å². The number of anilines is 8. The molecular weight excluding hydrogens is 1020 g/mol. The molecule has 0 aromatic heterocycles. The number of urea groups is 4. The van der Waals surface area contributed by atoms with Gasteiger partial charge in [-0.15, -0.1) is 0 Å². The zero-order chi connectivity index (χ0) is 55.2. The van der Waals surface area contributed by atoms with Crippen LogP contribution in [0.25, 0.3) is 0 Å². The number of amidine groups is 2. The normalized spacial score (nSPS) is 14.2. The van der Waals surface area contributed by atoms with Gasteiger partial charge in [-0.2, -0.15) is 0 Å². The second-order valence-corrected chi connectivity index (χ2v) is 18.9. The van der Waals surface area contributed by atoms with Gasteiger partial charge in [0.15, 0.2) is 0 Å². The number of carbonyl (C=O) groups excluding carboxylic acids is 6. The average molecular weight is 1080 g/mol. The summed E-state index contributed by atoms with van der Waals surface area (Å²) in [5.41, 5.74) is 8.83. The van der Waals surface area contributed by atoms with Gasteiger partial charge in [0.1, 0.15) is 11.7 Å². The molecule has 0 saturated heterocycles. The quantitative estimate of drug-likeness (QED) is 0.0394. The predicted molar refractivity (Wildman–Crippen MR) is 314 cm³/mol. The molecule has 0 spiro atoms. The van der Waals surface area contributed by atoms with Crippen LogP contribution in [0.3, 0.4) is 0 Å². The smallest absolute Gasteiger partial charge is 0.323 e. The first-order valence-electron chi connectivity index (χ1n) is 26.3. The maximum atomic E-state index is 13.8. The van der Waals surface area contributed by atoms with Crippen LogP contribution in [0.2, 0.25) is 0 Å². The van der Waals surface area contributed by atoms with Crippen molar-refractivity contribution in [2.75, 3.05) is 94.9 Å². The zero-order valence-electron chi connectivity index (χ0n) is 43.4. The predicted octanol–water partition coefficient (Wildman–Crippen LogP) is 8.29. The van der Waals surface area contributed by atoms with Gasteiger partial charge < -0.3 is 63.8 Å². The van der Waals surface area contributed by atoms with Crippen molar-refractivity contribution in [2.24, 2.45) is 20.0 Å². The molecule has 406 valence electrons. The van der Waals surface area contributed by atoms with Crippen molar-refractivity contribution >= 4 is 105 Å². The van der Waals surface area contributed by atoms with Gasteiger partial charge >= 0.3 is 24.1 Å². The Morgan fingerprint density at radius 2 is 0.650 bits per heavy atom. The molecule has 10 rings (SSSR count). The first-order valence-corrected chi connectivity index (χ1v) is 26.3. The van der Waals surface area contributed by atoms with E-state index >= 15 is 0 Å². The lowest BCUT2D eigenvalue weighted by Crippen LogP contribution is -2.35. The van der Waals surface area contributed by atoms with Crippen LogP contribution in [0.4, 0.5) is 64.7 Å². The highest BCUT2D eigenvalue weighted by Crippen LogP contribution is 2.24. The Hall–Kier alpha value is -10.4. The number of benzene rings is 6. The topological polar surface area (TPSA) is 296 Å². The highest BCUT2D eigenvalue weighted by molar-refractivity contribution is 6.08. The molecule has 12 N–H and O–H groups in total. The van der Waals surface area contributed by atoms with E-state index in [4.69, 9.17) is 0 Å². The third kappa shape index (κ3) is 14.3. The molecule has 4 heterocycles. The lowest BCUT2D eigenvalue weighted by Gasteiger charge is -2.15. The molecular formula is C58H58N16O6. The van der Waals surface area contributed by atoms with Crippen LogP contribution in [0.1, 0.15) is 68.7 Å².